The minimum absolute atomic E-state index is 0.00603. The maximum atomic E-state index is 13.0. The highest BCUT2D eigenvalue weighted by Crippen LogP contribution is 2.32. The molecule has 0 aromatic carbocycles. The number of nitrogens with two attached hydrogens (primary N) is 1. The molecule has 2 unspecified atom stereocenters. The predicted molar refractivity (Wildman–Crippen MR) is 77.4 cm³/mol. The molecule has 1 amide bonds. The van der Waals surface area contributed by atoms with E-state index in [1.54, 1.807) is 0 Å². The van der Waals surface area contributed by atoms with Crippen LogP contribution in [0.4, 0.5) is 13.2 Å². The van der Waals surface area contributed by atoms with Gasteiger partial charge in [-0.25, -0.2) is 9.67 Å². The van der Waals surface area contributed by atoms with Gasteiger partial charge < -0.3 is 11.1 Å². The molecule has 0 aliphatic heterocycles. The number of rotatable bonds is 3. The molecule has 10 heteroatoms. The number of nitrogens with one attached hydrogen (secondary N) is 1. The Morgan fingerprint density at radius 2 is 2.22 bits per heavy atom. The molecule has 3 N–H and O–H groups in total. The number of aryl methyl sites for hydroxylation is 1. The van der Waals surface area contributed by atoms with Crippen molar-refractivity contribution in [3.05, 3.63) is 28.5 Å². The summed E-state index contributed by atoms with van der Waals surface area (Å²) in [6.45, 7) is 1.46. The van der Waals surface area contributed by atoms with Crippen LogP contribution in [0.5, 0.6) is 0 Å². The van der Waals surface area contributed by atoms with Crippen LogP contribution in [0.3, 0.4) is 0 Å². The monoisotopic (exact) mass is 345 g/mol. The van der Waals surface area contributed by atoms with Gasteiger partial charge in [-0.05, 0) is 25.8 Å². The van der Waals surface area contributed by atoms with Crippen molar-refractivity contribution in [2.24, 2.45) is 5.73 Å². The number of nitrogens with zero attached hydrogens (tertiary/aromatic N) is 3. The standard InChI is InChI=1S/C13H14F3N5OS/c1-6-4-10(13(14,15)16)21(20-6)12-19-9(5-23-12)11(22)18-8-3-2-7(8)17/h4-5,7-8H,2-3,17H2,1H3,(H,18,22). The number of thiazole rings is 1. The van der Waals surface area contributed by atoms with E-state index in [1.807, 2.05) is 0 Å². The Morgan fingerprint density at radius 1 is 1.48 bits per heavy atom. The second-order valence-corrected chi connectivity index (χ2v) is 6.25. The molecule has 23 heavy (non-hydrogen) atoms. The molecule has 0 radical (unpaired) electrons. The second-order valence-electron chi connectivity index (χ2n) is 5.42. The van der Waals surface area contributed by atoms with E-state index in [2.05, 4.69) is 15.4 Å². The molecule has 0 saturated heterocycles. The quantitative estimate of drug-likeness (QED) is 0.889. The lowest BCUT2D eigenvalue weighted by atomic mass is 9.87. The molecule has 1 aliphatic carbocycles. The fourth-order valence-corrected chi connectivity index (χ4v) is 3.03. The molecule has 2 heterocycles. The van der Waals surface area contributed by atoms with Gasteiger partial charge in [0.2, 0.25) is 5.13 Å². The van der Waals surface area contributed by atoms with Gasteiger partial charge in [0.05, 0.1) is 5.69 Å². The van der Waals surface area contributed by atoms with Gasteiger partial charge in [-0.3, -0.25) is 4.79 Å². The molecule has 6 nitrogen and oxygen atoms in total. The number of amides is 1. The first-order valence-corrected chi connectivity index (χ1v) is 7.80. The number of carbonyl (C=O) groups excluding carboxylic acids is 1. The topological polar surface area (TPSA) is 85.8 Å². The predicted octanol–water partition coefficient (Wildman–Crippen LogP) is 1.88. The first-order chi connectivity index (χ1) is 10.8. The van der Waals surface area contributed by atoms with E-state index in [-0.39, 0.29) is 28.6 Å². The molecule has 124 valence electrons. The van der Waals surface area contributed by atoms with E-state index in [9.17, 15) is 18.0 Å². The maximum absolute atomic E-state index is 13.0. The molecule has 2 atom stereocenters. The maximum Gasteiger partial charge on any atom is 0.433 e. The number of halogens is 3. The Hall–Kier alpha value is -1.94. The summed E-state index contributed by atoms with van der Waals surface area (Å²) in [6, 6.07) is 0.752. The van der Waals surface area contributed by atoms with Crippen LogP contribution in [0.1, 0.15) is 34.7 Å². The van der Waals surface area contributed by atoms with Crippen LogP contribution in [0.15, 0.2) is 11.4 Å². The van der Waals surface area contributed by atoms with Crippen molar-refractivity contribution in [3.63, 3.8) is 0 Å². The summed E-state index contributed by atoms with van der Waals surface area (Å²) in [4.78, 5) is 16.0. The molecule has 1 saturated carbocycles. The highest BCUT2D eigenvalue weighted by atomic mass is 32.1. The molecule has 1 fully saturated rings. The van der Waals surface area contributed by atoms with E-state index in [0.29, 0.717) is 4.68 Å². The Morgan fingerprint density at radius 3 is 2.78 bits per heavy atom. The normalized spacial score (nSPS) is 21.1. The minimum Gasteiger partial charge on any atom is -0.346 e. The van der Waals surface area contributed by atoms with Crippen LogP contribution in [-0.2, 0) is 6.18 Å². The lowest BCUT2D eigenvalue weighted by molar-refractivity contribution is -0.142. The first-order valence-electron chi connectivity index (χ1n) is 6.92. The zero-order valence-electron chi connectivity index (χ0n) is 12.1. The molecular weight excluding hydrogens is 331 g/mol. The highest BCUT2D eigenvalue weighted by Gasteiger charge is 2.37. The smallest absolute Gasteiger partial charge is 0.346 e. The summed E-state index contributed by atoms with van der Waals surface area (Å²) >= 11 is 0.925. The van der Waals surface area contributed by atoms with Gasteiger partial charge in [0, 0.05) is 17.5 Å². The van der Waals surface area contributed by atoms with Crippen molar-refractivity contribution in [2.45, 2.75) is 38.0 Å². The zero-order valence-corrected chi connectivity index (χ0v) is 12.9. The van der Waals surface area contributed by atoms with Crippen molar-refractivity contribution in [1.82, 2.24) is 20.1 Å². The van der Waals surface area contributed by atoms with Crippen molar-refractivity contribution < 1.29 is 18.0 Å². The Kier molecular flexibility index (Phi) is 3.88. The Labute approximate surface area is 133 Å². The third kappa shape index (κ3) is 3.08. The third-order valence-electron chi connectivity index (χ3n) is 3.67. The molecule has 2 aromatic heterocycles. The SMILES string of the molecule is Cc1cc(C(F)(F)F)n(-c2nc(C(=O)NC3CCC3N)cs2)n1. The van der Waals surface area contributed by atoms with Crippen molar-refractivity contribution in [3.8, 4) is 5.13 Å². The van der Waals surface area contributed by atoms with Crippen LogP contribution < -0.4 is 11.1 Å². The Bertz CT molecular complexity index is 738. The second kappa shape index (κ2) is 5.60. The summed E-state index contributed by atoms with van der Waals surface area (Å²) in [5.41, 5.74) is 5.11. The van der Waals surface area contributed by atoms with Crippen LogP contribution >= 0.6 is 11.3 Å². The fourth-order valence-electron chi connectivity index (χ4n) is 2.26. The minimum atomic E-state index is -4.55. The van der Waals surface area contributed by atoms with Crippen LogP contribution in [-0.4, -0.2) is 32.8 Å². The number of hydrogen-bond acceptors (Lipinski definition) is 5. The molecule has 0 spiro atoms. The zero-order chi connectivity index (χ0) is 16.8. The summed E-state index contributed by atoms with van der Waals surface area (Å²) < 4.78 is 39.7. The summed E-state index contributed by atoms with van der Waals surface area (Å²) in [5, 5.41) is 7.94. The summed E-state index contributed by atoms with van der Waals surface area (Å²) in [7, 11) is 0. The molecular formula is C13H14F3N5OS. The van der Waals surface area contributed by atoms with Crippen molar-refractivity contribution >= 4 is 17.2 Å². The number of aromatic nitrogens is 3. The van der Waals surface area contributed by atoms with Gasteiger partial charge in [-0.2, -0.15) is 18.3 Å². The van der Waals surface area contributed by atoms with Crippen LogP contribution in [0.2, 0.25) is 0 Å². The molecule has 3 rings (SSSR count). The van der Waals surface area contributed by atoms with Gasteiger partial charge >= 0.3 is 6.18 Å². The van der Waals surface area contributed by atoms with Crippen LogP contribution in [0.25, 0.3) is 5.13 Å². The lowest BCUT2D eigenvalue weighted by Crippen LogP contribution is -2.54. The van der Waals surface area contributed by atoms with Gasteiger partial charge in [-0.1, -0.05) is 0 Å². The molecule has 0 bridgehead atoms. The van der Waals surface area contributed by atoms with E-state index >= 15 is 0 Å². The summed E-state index contributed by atoms with van der Waals surface area (Å²) in [6.07, 6.45) is -2.91. The van der Waals surface area contributed by atoms with Crippen molar-refractivity contribution in [2.75, 3.05) is 0 Å². The van der Waals surface area contributed by atoms with Crippen LogP contribution in [0, 0.1) is 6.92 Å². The van der Waals surface area contributed by atoms with E-state index in [0.717, 1.165) is 30.2 Å². The van der Waals surface area contributed by atoms with Gasteiger partial charge in [0.25, 0.3) is 5.91 Å². The first kappa shape index (κ1) is 15.9. The van der Waals surface area contributed by atoms with E-state index < -0.39 is 17.8 Å². The number of carbonyl (C=O) groups is 1. The third-order valence-corrected chi connectivity index (χ3v) is 4.49. The number of hydrogen-bond donors (Lipinski definition) is 2. The molecule has 1 aliphatic rings. The largest absolute Gasteiger partial charge is 0.433 e. The van der Waals surface area contributed by atoms with E-state index in [1.165, 1.54) is 12.3 Å². The Balaban J connectivity index is 1.83. The van der Waals surface area contributed by atoms with Gasteiger partial charge in [-0.15, -0.1) is 11.3 Å². The van der Waals surface area contributed by atoms with E-state index in [4.69, 9.17) is 5.73 Å². The molecule has 2 aromatic rings. The van der Waals surface area contributed by atoms with Gasteiger partial charge in [0.15, 0.2) is 5.69 Å². The lowest BCUT2D eigenvalue weighted by Gasteiger charge is -2.33. The van der Waals surface area contributed by atoms with Gasteiger partial charge in [0.1, 0.15) is 5.69 Å². The average molecular weight is 345 g/mol. The fraction of sp³-hybridized carbons (Fsp3) is 0.462. The highest BCUT2D eigenvalue weighted by molar-refractivity contribution is 7.12. The number of alkyl halides is 3. The van der Waals surface area contributed by atoms with Crippen molar-refractivity contribution in [1.29, 1.82) is 0 Å². The summed E-state index contributed by atoms with van der Waals surface area (Å²) in [5.74, 6) is -0.440. The average Bonchev–Trinajstić information content (AvgIpc) is 3.08.